The molecule has 4 rings (SSSR count). The summed E-state index contributed by atoms with van der Waals surface area (Å²) in [6.07, 6.45) is 2.31. The maximum Gasteiger partial charge on any atom is 0.245 e. The van der Waals surface area contributed by atoms with Crippen molar-refractivity contribution < 1.29 is 13.7 Å². The van der Waals surface area contributed by atoms with Crippen LogP contribution in [0.15, 0.2) is 28.8 Å². The third-order valence-electron chi connectivity index (χ3n) is 4.99. The van der Waals surface area contributed by atoms with Crippen molar-refractivity contribution in [2.75, 3.05) is 26.7 Å². The number of nitrogens with zero attached hydrogens (tertiary/aromatic N) is 4. The normalized spacial score (nSPS) is 21.5. The van der Waals surface area contributed by atoms with Gasteiger partial charge in [-0.3, -0.25) is 9.69 Å². The van der Waals surface area contributed by atoms with Gasteiger partial charge < -0.3 is 9.42 Å². The molecule has 1 saturated heterocycles. The van der Waals surface area contributed by atoms with Gasteiger partial charge in [-0.25, -0.2) is 4.39 Å². The van der Waals surface area contributed by atoms with Gasteiger partial charge in [0.2, 0.25) is 11.8 Å². The summed E-state index contributed by atoms with van der Waals surface area (Å²) in [5, 5.41) is 4.07. The van der Waals surface area contributed by atoms with Crippen LogP contribution in [0.4, 0.5) is 4.39 Å². The number of carbonyl (C=O) groups excluding carboxylic acids is 1. The van der Waals surface area contributed by atoms with Gasteiger partial charge in [0, 0.05) is 25.6 Å². The molecule has 1 aliphatic carbocycles. The average Bonchev–Trinajstić information content (AvgIpc) is 3.35. The Kier molecular flexibility index (Phi) is 4.25. The van der Waals surface area contributed by atoms with Gasteiger partial charge in [-0.15, -0.1) is 0 Å². The van der Waals surface area contributed by atoms with Crippen molar-refractivity contribution in [3.8, 4) is 0 Å². The molecule has 0 N–H and O–H groups in total. The number of benzene rings is 1. The van der Waals surface area contributed by atoms with Gasteiger partial charge in [0.25, 0.3) is 0 Å². The standard InChI is InChI=1S/C18H21FN4O2/c1-22-8-9-23(16(24)10-13-4-2-3-5-14(13)19)11-15(22)18-20-17(21-25-18)12-6-7-12/h2-5,12,15H,6-11H2,1H3/t15-/m0/s1. The Morgan fingerprint density at radius 1 is 1.32 bits per heavy atom. The first-order chi connectivity index (χ1) is 12.1. The SMILES string of the molecule is CN1CCN(C(=O)Cc2ccccc2F)C[C@H]1c1nc(C2CC2)no1. The van der Waals surface area contributed by atoms with E-state index in [9.17, 15) is 9.18 Å². The van der Waals surface area contributed by atoms with Gasteiger partial charge in [-0.2, -0.15) is 4.98 Å². The predicted octanol–water partition coefficient (Wildman–Crippen LogP) is 2.14. The number of hydrogen-bond donors (Lipinski definition) is 0. The predicted molar refractivity (Wildman–Crippen MR) is 88.3 cm³/mol. The summed E-state index contributed by atoms with van der Waals surface area (Å²) in [7, 11) is 1.99. The molecule has 1 aromatic carbocycles. The molecule has 2 aliphatic rings. The zero-order valence-electron chi connectivity index (χ0n) is 14.2. The van der Waals surface area contributed by atoms with Crippen molar-refractivity contribution in [1.29, 1.82) is 0 Å². The summed E-state index contributed by atoms with van der Waals surface area (Å²) in [6, 6.07) is 6.30. The van der Waals surface area contributed by atoms with Crippen molar-refractivity contribution in [2.45, 2.75) is 31.2 Å². The summed E-state index contributed by atoms with van der Waals surface area (Å²) in [6.45, 7) is 1.81. The first kappa shape index (κ1) is 16.2. The third kappa shape index (κ3) is 3.42. The monoisotopic (exact) mass is 344 g/mol. The first-order valence-electron chi connectivity index (χ1n) is 8.66. The van der Waals surface area contributed by atoms with Crippen molar-refractivity contribution >= 4 is 5.91 Å². The van der Waals surface area contributed by atoms with E-state index in [4.69, 9.17) is 4.52 Å². The molecule has 2 heterocycles. The highest BCUT2D eigenvalue weighted by atomic mass is 19.1. The van der Waals surface area contributed by atoms with E-state index in [1.54, 1.807) is 23.1 Å². The molecule has 2 fully saturated rings. The van der Waals surface area contributed by atoms with Gasteiger partial charge >= 0.3 is 0 Å². The first-order valence-corrected chi connectivity index (χ1v) is 8.66. The number of likely N-dealkylation sites (N-methyl/N-ethyl adjacent to an activating group) is 1. The van der Waals surface area contributed by atoms with Gasteiger partial charge in [-0.05, 0) is 31.5 Å². The molecule has 0 radical (unpaired) electrons. The molecule has 132 valence electrons. The van der Waals surface area contributed by atoms with Crippen molar-refractivity contribution in [3.63, 3.8) is 0 Å². The van der Waals surface area contributed by atoms with Gasteiger partial charge in [0.15, 0.2) is 5.82 Å². The van der Waals surface area contributed by atoms with Crippen LogP contribution in [0.3, 0.4) is 0 Å². The number of piperazine rings is 1. The van der Waals surface area contributed by atoms with Crippen molar-refractivity contribution in [1.82, 2.24) is 19.9 Å². The number of carbonyl (C=O) groups is 1. The van der Waals surface area contributed by atoms with Crippen molar-refractivity contribution in [2.24, 2.45) is 0 Å². The molecule has 25 heavy (non-hydrogen) atoms. The quantitative estimate of drug-likeness (QED) is 0.850. The Bertz CT molecular complexity index is 774. The summed E-state index contributed by atoms with van der Waals surface area (Å²) in [4.78, 5) is 21.0. The minimum atomic E-state index is -0.340. The molecule has 0 bridgehead atoms. The Labute approximate surface area is 145 Å². The highest BCUT2D eigenvalue weighted by Crippen LogP contribution is 2.38. The Morgan fingerprint density at radius 3 is 2.88 bits per heavy atom. The van der Waals surface area contributed by atoms with Crippen LogP contribution in [0.1, 0.15) is 42.1 Å². The third-order valence-corrected chi connectivity index (χ3v) is 4.99. The molecule has 6 nitrogen and oxygen atoms in total. The van der Waals surface area contributed by atoms with E-state index in [2.05, 4.69) is 15.0 Å². The fourth-order valence-corrected chi connectivity index (χ4v) is 3.17. The van der Waals surface area contributed by atoms with Gasteiger partial charge in [0.05, 0.1) is 6.42 Å². The molecule has 1 aromatic heterocycles. The van der Waals surface area contributed by atoms with E-state index < -0.39 is 0 Å². The zero-order valence-corrected chi connectivity index (χ0v) is 14.2. The van der Waals surface area contributed by atoms with Crippen LogP contribution >= 0.6 is 0 Å². The topological polar surface area (TPSA) is 62.5 Å². The second-order valence-corrected chi connectivity index (χ2v) is 6.87. The Morgan fingerprint density at radius 2 is 2.12 bits per heavy atom. The Hall–Kier alpha value is -2.28. The minimum Gasteiger partial charge on any atom is -0.339 e. The van der Waals surface area contributed by atoms with Gasteiger partial charge in [0.1, 0.15) is 11.9 Å². The number of hydrogen-bond acceptors (Lipinski definition) is 5. The van der Waals surface area contributed by atoms with Crippen LogP contribution in [0, 0.1) is 5.82 Å². The van der Waals surface area contributed by atoms with Crippen molar-refractivity contribution in [3.05, 3.63) is 47.4 Å². The molecule has 2 aromatic rings. The molecule has 7 heteroatoms. The lowest BCUT2D eigenvalue weighted by Gasteiger charge is -2.37. The summed E-state index contributed by atoms with van der Waals surface area (Å²) in [5.74, 6) is 1.36. The Balaban J connectivity index is 1.45. The fraction of sp³-hybridized carbons (Fsp3) is 0.500. The van der Waals surface area contributed by atoms with E-state index in [0.717, 1.165) is 25.2 Å². The highest BCUT2D eigenvalue weighted by Gasteiger charge is 2.35. The van der Waals surface area contributed by atoms with Crippen LogP contribution in [0.2, 0.25) is 0 Å². The van der Waals surface area contributed by atoms with Crippen LogP contribution in [0.5, 0.6) is 0 Å². The zero-order chi connectivity index (χ0) is 17.4. The number of rotatable bonds is 4. The highest BCUT2D eigenvalue weighted by molar-refractivity contribution is 5.79. The van der Waals surface area contributed by atoms with Crippen LogP contribution in [-0.2, 0) is 11.2 Å². The number of aromatic nitrogens is 2. The number of amides is 1. The lowest BCUT2D eigenvalue weighted by molar-refractivity contribution is -0.133. The number of halogens is 1. The molecule has 1 atom stereocenters. The fourth-order valence-electron chi connectivity index (χ4n) is 3.17. The molecule has 0 unspecified atom stereocenters. The van der Waals surface area contributed by atoms with Crippen LogP contribution in [0.25, 0.3) is 0 Å². The lowest BCUT2D eigenvalue weighted by Crippen LogP contribution is -2.49. The second-order valence-electron chi connectivity index (χ2n) is 6.87. The molecular formula is C18H21FN4O2. The van der Waals surface area contributed by atoms with E-state index in [0.29, 0.717) is 30.5 Å². The van der Waals surface area contributed by atoms with Crippen LogP contribution < -0.4 is 0 Å². The largest absolute Gasteiger partial charge is 0.339 e. The van der Waals surface area contributed by atoms with Gasteiger partial charge in [-0.1, -0.05) is 23.4 Å². The minimum absolute atomic E-state index is 0.0697. The summed E-state index contributed by atoms with van der Waals surface area (Å²) in [5.41, 5.74) is 0.428. The molecule has 1 aliphatic heterocycles. The summed E-state index contributed by atoms with van der Waals surface area (Å²) < 4.78 is 19.2. The maximum absolute atomic E-state index is 13.8. The lowest BCUT2D eigenvalue weighted by atomic mass is 10.1. The van der Waals surface area contributed by atoms with Crippen LogP contribution in [-0.4, -0.2) is 52.5 Å². The average molecular weight is 344 g/mol. The molecule has 1 saturated carbocycles. The maximum atomic E-state index is 13.8. The molecule has 1 amide bonds. The van der Waals surface area contributed by atoms with E-state index >= 15 is 0 Å². The summed E-state index contributed by atoms with van der Waals surface area (Å²) >= 11 is 0. The van der Waals surface area contributed by atoms with E-state index in [1.165, 1.54) is 6.07 Å². The smallest absolute Gasteiger partial charge is 0.245 e. The van der Waals surface area contributed by atoms with E-state index in [-0.39, 0.29) is 24.2 Å². The van der Waals surface area contributed by atoms with E-state index in [1.807, 2.05) is 7.05 Å². The molecule has 0 spiro atoms. The molecular weight excluding hydrogens is 323 g/mol. The second kappa shape index (κ2) is 6.55.